The maximum absolute atomic E-state index is 8.75. The first kappa shape index (κ1) is 10.5. The molecule has 1 unspecified atom stereocenters. The molecular weight excluding hydrogens is 172 g/mol. The minimum Gasteiger partial charge on any atom is -0.324 e. The van der Waals surface area contributed by atoms with E-state index in [0.717, 1.165) is 17.5 Å². The molecule has 0 aliphatic heterocycles. The lowest BCUT2D eigenvalue weighted by atomic mass is 9.97. The first-order chi connectivity index (χ1) is 6.69. The van der Waals surface area contributed by atoms with Gasteiger partial charge in [0.25, 0.3) is 0 Å². The summed E-state index contributed by atoms with van der Waals surface area (Å²) in [5.74, 6) is 0. The first-order valence-corrected chi connectivity index (χ1v) is 4.56. The molecule has 14 heavy (non-hydrogen) atoms. The summed E-state index contributed by atoms with van der Waals surface area (Å²) in [6.07, 6.45) is 2.53. The smallest absolute Gasteiger partial charge is 0.0991 e. The molecular formula is C12H14N2. The lowest BCUT2D eigenvalue weighted by molar-refractivity contribution is 0.735. The summed E-state index contributed by atoms with van der Waals surface area (Å²) >= 11 is 0. The number of hydrogen-bond donors (Lipinski definition) is 1. The Hall–Kier alpha value is -1.59. The predicted octanol–water partition coefficient (Wildman–Crippen LogP) is 2.44. The van der Waals surface area contributed by atoms with E-state index in [0.29, 0.717) is 5.56 Å². The summed E-state index contributed by atoms with van der Waals surface area (Å²) in [6, 6.07) is 7.64. The van der Waals surface area contributed by atoms with Gasteiger partial charge in [-0.3, -0.25) is 0 Å². The fraction of sp³-hybridized carbons (Fsp3) is 0.250. The van der Waals surface area contributed by atoms with E-state index in [4.69, 9.17) is 11.0 Å². The Balaban J connectivity index is 3.06. The monoisotopic (exact) mass is 186 g/mol. The van der Waals surface area contributed by atoms with E-state index in [9.17, 15) is 0 Å². The van der Waals surface area contributed by atoms with Crippen LogP contribution in [0.3, 0.4) is 0 Å². The lowest BCUT2D eigenvalue weighted by Gasteiger charge is -2.12. The molecule has 1 aromatic carbocycles. The van der Waals surface area contributed by atoms with Crippen LogP contribution < -0.4 is 5.73 Å². The van der Waals surface area contributed by atoms with Crippen LogP contribution in [0.25, 0.3) is 0 Å². The zero-order valence-corrected chi connectivity index (χ0v) is 8.33. The van der Waals surface area contributed by atoms with Crippen LogP contribution >= 0.6 is 0 Å². The number of rotatable bonds is 3. The van der Waals surface area contributed by atoms with Crippen LogP contribution in [-0.2, 0) is 0 Å². The van der Waals surface area contributed by atoms with E-state index in [1.54, 1.807) is 12.1 Å². The fourth-order valence-corrected chi connectivity index (χ4v) is 1.42. The average molecular weight is 186 g/mol. The third kappa shape index (κ3) is 2.21. The molecule has 0 spiro atoms. The number of hydrogen-bond acceptors (Lipinski definition) is 2. The summed E-state index contributed by atoms with van der Waals surface area (Å²) in [6.45, 7) is 5.65. The average Bonchev–Trinajstić information content (AvgIpc) is 2.19. The van der Waals surface area contributed by atoms with Crippen molar-refractivity contribution in [1.29, 1.82) is 5.26 Å². The molecule has 0 radical (unpaired) electrons. The van der Waals surface area contributed by atoms with Crippen molar-refractivity contribution in [3.63, 3.8) is 0 Å². The van der Waals surface area contributed by atoms with Crippen molar-refractivity contribution >= 4 is 0 Å². The molecule has 0 heterocycles. The van der Waals surface area contributed by atoms with E-state index in [2.05, 4.69) is 12.6 Å². The number of benzene rings is 1. The molecule has 2 heteroatoms. The van der Waals surface area contributed by atoms with E-state index in [1.165, 1.54) is 0 Å². The molecule has 0 bridgehead atoms. The molecule has 2 nitrogen and oxygen atoms in total. The highest BCUT2D eigenvalue weighted by molar-refractivity contribution is 5.39. The van der Waals surface area contributed by atoms with E-state index < -0.39 is 0 Å². The highest BCUT2D eigenvalue weighted by Gasteiger charge is 2.07. The normalized spacial score (nSPS) is 11.8. The van der Waals surface area contributed by atoms with E-state index >= 15 is 0 Å². The van der Waals surface area contributed by atoms with Gasteiger partial charge in [-0.15, -0.1) is 6.58 Å². The van der Waals surface area contributed by atoms with Crippen LogP contribution in [0.1, 0.15) is 29.2 Å². The van der Waals surface area contributed by atoms with Gasteiger partial charge in [0.2, 0.25) is 0 Å². The molecule has 0 aliphatic carbocycles. The van der Waals surface area contributed by atoms with E-state index in [-0.39, 0.29) is 6.04 Å². The topological polar surface area (TPSA) is 49.8 Å². The Labute approximate surface area is 84.7 Å². The van der Waals surface area contributed by atoms with Crippen LogP contribution in [0, 0.1) is 18.3 Å². The summed E-state index contributed by atoms with van der Waals surface area (Å²) in [5, 5.41) is 8.75. The maximum Gasteiger partial charge on any atom is 0.0991 e. The summed E-state index contributed by atoms with van der Waals surface area (Å²) in [5.41, 5.74) is 8.76. The summed E-state index contributed by atoms with van der Waals surface area (Å²) in [4.78, 5) is 0. The number of nitrogens with zero attached hydrogens (tertiary/aromatic N) is 1. The van der Waals surface area contributed by atoms with Crippen molar-refractivity contribution < 1.29 is 0 Å². The molecule has 1 aromatic rings. The zero-order valence-electron chi connectivity index (χ0n) is 8.33. The van der Waals surface area contributed by atoms with Crippen molar-refractivity contribution in [3.05, 3.63) is 47.5 Å². The Bertz CT molecular complexity index is 374. The maximum atomic E-state index is 8.75. The van der Waals surface area contributed by atoms with Crippen molar-refractivity contribution in [2.24, 2.45) is 5.73 Å². The molecule has 0 aliphatic rings. The summed E-state index contributed by atoms with van der Waals surface area (Å²) < 4.78 is 0. The molecule has 1 atom stereocenters. The molecule has 2 N–H and O–H groups in total. The van der Waals surface area contributed by atoms with Gasteiger partial charge in [-0.1, -0.05) is 12.1 Å². The Morgan fingerprint density at radius 1 is 1.64 bits per heavy atom. The number of aryl methyl sites for hydroxylation is 1. The second-order valence-electron chi connectivity index (χ2n) is 3.31. The quantitative estimate of drug-likeness (QED) is 0.737. The van der Waals surface area contributed by atoms with Crippen LogP contribution in [0.15, 0.2) is 30.9 Å². The Morgan fingerprint density at radius 2 is 2.36 bits per heavy atom. The van der Waals surface area contributed by atoms with Crippen LogP contribution in [0.2, 0.25) is 0 Å². The molecule has 0 saturated carbocycles. The molecule has 0 amide bonds. The minimum absolute atomic E-state index is 0.0548. The highest BCUT2D eigenvalue weighted by atomic mass is 14.6. The molecule has 0 aromatic heterocycles. The zero-order chi connectivity index (χ0) is 10.6. The van der Waals surface area contributed by atoms with Crippen molar-refractivity contribution in [2.45, 2.75) is 19.4 Å². The molecule has 0 saturated heterocycles. The molecule has 1 rings (SSSR count). The number of nitriles is 1. The molecule has 72 valence electrons. The molecule has 0 fully saturated rings. The van der Waals surface area contributed by atoms with Gasteiger partial charge in [0.1, 0.15) is 0 Å². The second-order valence-corrected chi connectivity index (χ2v) is 3.31. The summed E-state index contributed by atoms with van der Waals surface area (Å²) in [7, 11) is 0. The van der Waals surface area contributed by atoms with Gasteiger partial charge in [-0.25, -0.2) is 0 Å². The van der Waals surface area contributed by atoms with Gasteiger partial charge in [0.05, 0.1) is 11.6 Å². The van der Waals surface area contributed by atoms with Gasteiger partial charge in [0.15, 0.2) is 0 Å². The lowest BCUT2D eigenvalue weighted by Crippen LogP contribution is -2.10. The van der Waals surface area contributed by atoms with Crippen LogP contribution in [0.4, 0.5) is 0 Å². The van der Waals surface area contributed by atoms with Crippen LogP contribution in [-0.4, -0.2) is 0 Å². The van der Waals surface area contributed by atoms with Gasteiger partial charge in [0, 0.05) is 6.04 Å². The Kier molecular flexibility index (Phi) is 3.44. The highest BCUT2D eigenvalue weighted by Crippen LogP contribution is 2.19. The third-order valence-electron chi connectivity index (χ3n) is 2.23. The van der Waals surface area contributed by atoms with Gasteiger partial charge < -0.3 is 5.73 Å². The Morgan fingerprint density at radius 3 is 2.93 bits per heavy atom. The number of nitrogens with two attached hydrogens (primary N) is 1. The van der Waals surface area contributed by atoms with Crippen molar-refractivity contribution in [3.8, 4) is 6.07 Å². The fourth-order valence-electron chi connectivity index (χ4n) is 1.42. The first-order valence-electron chi connectivity index (χ1n) is 4.56. The predicted molar refractivity (Wildman–Crippen MR) is 57.6 cm³/mol. The van der Waals surface area contributed by atoms with Crippen molar-refractivity contribution in [1.82, 2.24) is 0 Å². The van der Waals surface area contributed by atoms with E-state index in [1.807, 2.05) is 19.1 Å². The third-order valence-corrected chi connectivity index (χ3v) is 2.23. The minimum atomic E-state index is -0.0548. The van der Waals surface area contributed by atoms with Gasteiger partial charge in [-0.05, 0) is 36.6 Å². The standard InChI is InChI=1S/C12H14N2/c1-3-4-12(14)11-7-10(8-13)6-5-9(11)2/h3,5-7,12H,1,4,14H2,2H3. The largest absolute Gasteiger partial charge is 0.324 e. The van der Waals surface area contributed by atoms with Gasteiger partial charge >= 0.3 is 0 Å². The SMILES string of the molecule is C=CCC(N)c1cc(C#N)ccc1C. The van der Waals surface area contributed by atoms with Crippen molar-refractivity contribution in [2.75, 3.05) is 0 Å². The van der Waals surface area contributed by atoms with Gasteiger partial charge in [-0.2, -0.15) is 5.26 Å². The second kappa shape index (κ2) is 4.59. The van der Waals surface area contributed by atoms with Crippen LogP contribution in [0.5, 0.6) is 0 Å².